The van der Waals surface area contributed by atoms with Gasteiger partial charge in [-0.25, -0.2) is 0 Å². The minimum absolute atomic E-state index is 0.352. The Morgan fingerprint density at radius 2 is 2.30 bits per heavy atom. The summed E-state index contributed by atoms with van der Waals surface area (Å²) in [6, 6.07) is 2.24. The third-order valence-corrected chi connectivity index (χ3v) is 4.08. The molecule has 1 saturated heterocycles. The van der Waals surface area contributed by atoms with Gasteiger partial charge >= 0.3 is 0 Å². The van der Waals surface area contributed by atoms with Gasteiger partial charge < -0.3 is 20.5 Å². The largest absolute Gasteiger partial charge is 0.475 e. The number of aromatic amines is 1. The van der Waals surface area contributed by atoms with E-state index in [1.807, 2.05) is 17.7 Å². The molecule has 4 N–H and O–H groups in total. The first-order valence-corrected chi connectivity index (χ1v) is 8.04. The van der Waals surface area contributed by atoms with Crippen LogP contribution in [0.5, 0.6) is 5.88 Å². The molecule has 0 saturated carbocycles. The predicted molar refractivity (Wildman–Crippen MR) is 87.7 cm³/mol. The van der Waals surface area contributed by atoms with Crippen molar-refractivity contribution in [2.75, 3.05) is 37.4 Å². The van der Waals surface area contributed by atoms with E-state index in [1.54, 1.807) is 6.20 Å². The molecule has 0 aromatic carbocycles. The fourth-order valence-corrected chi connectivity index (χ4v) is 2.72. The molecule has 0 unspecified atom stereocenters. The second-order valence-corrected chi connectivity index (χ2v) is 5.69. The van der Waals surface area contributed by atoms with Crippen molar-refractivity contribution in [2.45, 2.75) is 32.2 Å². The number of nitrogens with zero attached hydrogens (tertiary/aromatic N) is 3. The number of hydrogen-bond acceptors (Lipinski definition) is 6. The van der Waals surface area contributed by atoms with Crippen molar-refractivity contribution in [1.82, 2.24) is 20.0 Å². The van der Waals surface area contributed by atoms with E-state index >= 15 is 0 Å². The predicted octanol–water partition coefficient (Wildman–Crippen LogP) is 1.73. The van der Waals surface area contributed by atoms with E-state index < -0.39 is 0 Å². The molecule has 23 heavy (non-hydrogen) atoms. The molecular formula is C15H24N6O2. The van der Waals surface area contributed by atoms with Crippen LogP contribution in [0.15, 0.2) is 12.3 Å². The highest BCUT2D eigenvalue weighted by atomic mass is 16.5. The average Bonchev–Trinajstić information content (AvgIpc) is 3.19. The summed E-state index contributed by atoms with van der Waals surface area (Å²) >= 11 is 0. The maximum Gasteiger partial charge on any atom is 0.256 e. The lowest BCUT2D eigenvalue weighted by Crippen LogP contribution is -2.21. The van der Waals surface area contributed by atoms with Gasteiger partial charge in [0.25, 0.3) is 5.88 Å². The van der Waals surface area contributed by atoms with Gasteiger partial charge in [-0.15, -0.1) is 5.10 Å². The minimum Gasteiger partial charge on any atom is -0.475 e. The summed E-state index contributed by atoms with van der Waals surface area (Å²) in [6.45, 7) is 4.90. The van der Waals surface area contributed by atoms with Gasteiger partial charge in [0.15, 0.2) is 0 Å². The molecule has 0 radical (unpaired) electrons. The van der Waals surface area contributed by atoms with Crippen LogP contribution in [0.3, 0.4) is 0 Å². The van der Waals surface area contributed by atoms with Gasteiger partial charge in [0.05, 0.1) is 24.5 Å². The zero-order valence-corrected chi connectivity index (χ0v) is 13.4. The molecule has 3 heterocycles. The molecule has 0 spiro atoms. The van der Waals surface area contributed by atoms with Crippen molar-refractivity contribution in [2.24, 2.45) is 0 Å². The minimum atomic E-state index is 0.352. The van der Waals surface area contributed by atoms with Crippen LogP contribution in [0.2, 0.25) is 0 Å². The third kappa shape index (κ3) is 3.76. The zero-order chi connectivity index (χ0) is 16.1. The Labute approximate surface area is 135 Å². The highest BCUT2D eigenvalue weighted by molar-refractivity contribution is 5.52. The molecule has 0 amide bonds. The Bertz CT molecular complexity index is 604. The quantitative estimate of drug-likeness (QED) is 0.671. The third-order valence-electron chi connectivity index (χ3n) is 4.08. The maximum absolute atomic E-state index is 6.13. The number of aromatic nitrogens is 4. The van der Waals surface area contributed by atoms with Crippen molar-refractivity contribution in [1.29, 1.82) is 0 Å². The van der Waals surface area contributed by atoms with Gasteiger partial charge in [0.1, 0.15) is 11.5 Å². The van der Waals surface area contributed by atoms with Gasteiger partial charge in [-0.05, 0) is 32.3 Å². The average molecular weight is 320 g/mol. The fourth-order valence-electron chi connectivity index (χ4n) is 2.72. The number of rotatable bonds is 7. The van der Waals surface area contributed by atoms with Crippen LogP contribution < -0.4 is 15.8 Å². The summed E-state index contributed by atoms with van der Waals surface area (Å²) in [4.78, 5) is 0. The molecule has 1 aliphatic heterocycles. The summed E-state index contributed by atoms with van der Waals surface area (Å²) in [7, 11) is 0. The van der Waals surface area contributed by atoms with Gasteiger partial charge in [0.2, 0.25) is 0 Å². The van der Waals surface area contributed by atoms with Crippen LogP contribution in [0.4, 0.5) is 11.5 Å². The molecule has 0 aliphatic carbocycles. The van der Waals surface area contributed by atoms with Crippen LogP contribution in [-0.4, -0.2) is 46.3 Å². The van der Waals surface area contributed by atoms with E-state index in [2.05, 4.69) is 20.6 Å². The van der Waals surface area contributed by atoms with Crippen LogP contribution >= 0.6 is 0 Å². The van der Waals surface area contributed by atoms with E-state index in [0.29, 0.717) is 24.2 Å². The number of H-pyrrole nitrogens is 1. The summed E-state index contributed by atoms with van der Waals surface area (Å²) < 4.78 is 13.2. The number of nitrogens with two attached hydrogens (primary N) is 1. The Kier molecular flexibility index (Phi) is 5.02. The first-order chi connectivity index (χ1) is 11.3. The SMILES string of the molecule is Cc1c(N)c(OCCCNc2ccn[nH]2)nn1C1CCOCC1. The van der Waals surface area contributed by atoms with Crippen LogP contribution in [-0.2, 0) is 4.74 Å². The standard InChI is InChI=1S/C15H24N6O2/c1-11-14(16)15(20-21(11)12-4-9-22-10-5-12)23-8-2-6-17-13-3-7-18-19-13/h3,7,12H,2,4-6,8-10,16H2,1H3,(H2,17,18,19). The normalized spacial score (nSPS) is 15.7. The van der Waals surface area contributed by atoms with E-state index in [1.165, 1.54) is 0 Å². The Balaban J connectivity index is 1.49. The lowest BCUT2D eigenvalue weighted by atomic mass is 10.1. The molecule has 3 rings (SSSR count). The second kappa shape index (κ2) is 7.36. The molecule has 0 atom stereocenters. The van der Waals surface area contributed by atoms with E-state index in [0.717, 1.165) is 50.5 Å². The Morgan fingerprint density at radius 3 is 3.04 bits per heavy atom. The summed E-state index contributed by atoms with van der Waals surface area (Å²) in [5.74, 6) is 1.44. The summed E-state index contributed by atoms with van der Waals surface area (Å²) in [5, 5.41) is 14.5. The fraction of sp³-hybridized carbons (Fsp3) is 0.600. The number of anilines is 2. The number of ether oxygens (including phenoxy) is 2. The molecule has 1 aliphatic rings. The molecular weight excluding hydrogens is 296 g/mol. The summed E-state index contributed by atoms with van der Waals surface area (Å²) in [5.41, 5.74) is 7.75. The zero-order valence-electron chi connectivity index (χ0n) is 13.4. The van der Waals surface area contributed by atoms with Crippen LogP contribution in [0.25, 0.3) is 0 Å². The smallest absolute Gasteiger partial charge is 0.256 e. The topological polar surface area (TPSA) is 103 Å². The molecule has 2 aromatic heterocycles. The van der Waals surface area contributed by atoms with E-state index in [4.69, 9.17) is 15.2 Å². The second-order valence-electron chi connectivity index (χ2n) is 5.69. The highest BCUT2D eigenvalue weighted by Crippen LogP contribution is 2.30. The number of nitrogen functional groups attached to an aromatic ring is 1. The number of hydrogen-bond donors (Lipinski definition) is 3. The molecule has 0 bridgehead atoms. The van der Waals surface area contributed by atoms with Crippen molar-refractivity contribution in [3.8, 4) is 5.88 Å². The molecule has 8 nitrogen and oxygen atoms in total. The van der Waals surface area contributed by atoms with Crippen molar-refractivity contribution < 1.29 is 9.47 Å². The van der Waals surface area contributed by atoms with Gasteiger partial charge in [-0.3, -0.25) is 9.78 Å². The van der Waals surface area contributed by atoms with Crippen LogP contribution in [0, 0.1) is 6.92 Å². The van der Waals surface area contributed by atoms with E-state index in [-0.39, 0.29) is 0 Å². The van der Waals surface area contributed by atoms with Crippen molar-refractivity contribution in [3.63, 3.8) is 0 Å². The van der Waals surface area contributed by atoms with Crippen molar-refractivity contribution in [3.05, 3.63) is 18.0 Å². The lowest BCUT2D eigenvalue weighted by molar-refractivity contribution is 0.0652. The van der Waals surface area contributed by atoms with Crippen molar-refractivity contribution >= 4 is 11.5 Å². The first kappa shape index (κ1) is 15.7. The Morgan fingerprint density at radius 1 is 1.48 bits per heavy atom. The number of nitrogens with one attached hydrogen (secondary N) is 2. The van der Waals surface area contributed by atoms with Gasteiger partial charge in [-0.1, -0.05) is 0 Å². The van der Waals surface area contributed by atoms with Crippen LogP contribution in [0.1, 0.15) is 31.0 Å². The molecule has 1 fully saturated rings. The lowest BCUT2D eigenvalue weighted by Gasteiger charge is -2.23. The molecule has 126 valence electrons. The summed E-state index contributed by atoms with van der Waals surface area (Å²) in [6.07, 6.45) is 4.50. The maximum atomic E-state index is 6.13. The van der Waals surface area contributed by atoms with E-state index in [9.17, 15) is 0 Å². The van der Waals surface area contributed by atoms with Gasteiger partial charge in [-0.2, -0.15) is 5.10 Å². The molecule has 8 heteroatoms. The van der Waals surface area contributed by atoms with Gasteiger partial charge in [0, 0.05) is 19.8 Å². The highest BCUT2D eigenvalue weighted by Gasteiger charge is 2.22. The Hall–Kier alpha value is -2.22. The molecule has 2 aromatic rings. The first-order valence-electron chi connectivity index (χ1n) is 8.04. The monoisotopic (exact) mass is 320 g/mol.